The molecule has 0 aliphatic heterocycles. The van der Waals surface area contributed by atoms with Gasteiger partial charge in [0.2, 0.25) is 5.91 Å². The average Bonchev–Trinajstić information content (AvgIpc) is 3.22. The molecule has 8 heteroatoms. The minimum absolute atomic E-state index is 0.119. The lowest BCUT2D eigenvalue weighted by atomic mass is 9.90. The molecule has 1 unspecified atom stereocenters. The molecular formula is C24H25N3O4S. The Bertz CT molecular complexity index is 1140. The Morgan fingerprint density at radius 3 is 2.56 bits per heavy atom. The first-order chi connectivity index (χ1) is 15.5. The number of anilines is 2. The second-order valence-electron chi connectivity index (χ2n) is 7.65. The Hall–Kier alpha value is -3.39. The predicted molar refractivity (Wildman–Crippen MR) is 125 cm³/mol. The molecule has 0 radical (unpaired) electrons. The number of nitrogens with one attached hydrogen (secondary N) is 2. The number of rotatable bonds is 6. The molecular weight excluding hydrogens is 426 g/mol. The van der Waals surface area contributed by atoms with Crippen molar-refractivity contribution in [1.82, 2.24) is 4.98 Å². The summed E-state index contributed by atoms with van der Waals surface area (Å²) < 4.78 is 10.5. The van der Waals surface area contributed by atoms with E-state index in [1.54, 1.807) is 38.5 Å². The highest BCUT2D eigenvalue weighted by Crippen LogP contribution is 2.38. The minimum atomic E-state index is -0.368. The van der Waals surface area contributed by atoms with Gasteiger partial charge >= 0.3 is 0 Å². The van der Waals surface area contributed by atoms with Crippen molar-refractivity contribution >= 4 is 34.0 Å². The van der Waals surface area contributed by atoms with E-state index in [-0.39, 0.29) is 17.7 Å². The predicted octanol–water partition coefficient (Wildman–Crippen LogP) is 4.78. The second-order valence-corrected chi connectivity index (χ2v) is 8.73. The molecule has 0 saturated carbocycles. The monoisotopic (exact) mass is 451 g/mol. The quantitative estimate of drug-likeness (QED) is 0.563. The number of nitrogens with zero attached hydrogens (tertiary/aromatic N) is 1. The van der Waals surface area contributed by atoms with Crippen LogP contribution in [0.3, 0.4) is 0 Å². The second kappa shape index (κ2) is 9.40. The number of aromatic nitrogens is 1. The van der Waals surface area contributed by atoms with Crippen LogP contribution in [0.25, 0.3) is 0 Å². The van der Waals surface area contributed by atoms with Crippen molar-refractivity contribution in [2.45, 2.75) is 32.1 Å². The van der Waals surface area contributed by atoms with Gasteiger partial charge in [0.1, 0.15) is 11.5 Å². The highest BCUT2D eigenvalue weighted by Gasteiger charge is 2.31. The molecule has 0 saturated heterocycles. The molecule has 0 bridgehead atoms. The minimum Gasteiger partial charge on any atom is -0.497 e. The number of carbonyl (C=O) groups is 2. The molecule has 4 rings (SSSR count). The third-order valence-electron chi connectivity index (χ3n) is 5.46. The van der Waals surface area contributed by atoms with Crippen LogP contribution in [-0.2, 0) is 11.2 Å². The largest absolute Gasteiger partial charge is 0.497 e. The third-order valence-corrected chi connectivity index (χ3v) is 6.50. The Morgan fingerprint density at radius 1 is 1.06 bits per heavy atom. The number of hydrogen-bond acceptors (Lipinski definition) is 6. The first kappa shape index (κ1) is 21.8. The van der Waals surface area contributed by atoms with Gasteiger partial charge in [-0.3, -0.25) is 14.9 Å². The molecule has 0 spiro atoms. The van der Waals surface area contributed by atoms with E-state index in [1.807, 2.05) is 25.1 Å². The topological polar surface area (TPSA) is 89.5 Å². The molecule has 1 aromatic heterocycles. The summed E-state index contributed by atoms with van der Waals surface area (Å²) in [6.45, 7) is 1.97. The summed E-state index contributed by atoms with van der Waals surface area (Å²) in [5, 5.41) is 6.35. The van der Waals surface area contributed by atoms with Crippen LogP contribution in [0.1, 0.15) is 45.3 Å². The standard InChI is InChI=1S/C24H25N3O4S/c1-14-7-12-18(19(13-14)31-3)25-23(29)17-5-4-6-20-21(17)26-24(32-20)27-22(28)15-8-10-16(30-2)11-9-15/h7-13,17H,4-6H2,1-3H3,(H,25,29)(H,26,27,28). The van der Waals surface area contributed by atoms with Crippen molar-refractivity contribution in [1.29, 1.82) is 0 Å². The van der Waals surface area contributed by atoms with Gasteiger partial charge in [-0.2, -0.15) is 0 Å². The average molecular weight is 452 g/mol. The van der Waals surface area contributed by atoms with Crippen LogP contribution in [0.15, 0.2) is 42.5 Å². The summed E-state index contributed by atoms with van der Waals surface area (Å²) in [6.07, 6.45) is 2.45. The molecule has 1 atom stereocenters. The molecule has 166 valence electrons. The molecule has 32 heavy (non-hydrogen) atoms. The molecule has 1 heterocycles. The summed E-state index contributed by atoms with van der Waals surface area (Å²) in [7, 11) is 3.16. The number of amides is 2. The van der Waals surface area contributed by atoms with Crippen molar-refractivity contribution in [2.75, 3.05) is 24.9 Å². The van der Waals surface area contributed by atoms with Crippen LogP contribution in [0.2, 0.25) is 0 Å². The van der Waals surface area contributed by atoms with Crippen molar-refractivity contribution in [3.8, 4) is 11.5 Å². The fourth-order valence-corrected chi connectivity index (χ4v) is 4.82. The molecule has 1 aliphatic carbocycles. The Labute approximate surface area is 190 Å². The zero-order valence-electron chi connectivity index (χ0n) is 18.2. The summed E-state index contributed by atoms with van der Waals surface area (Å²) in [5.41, 5.74) is 2.95. The SMILES string of the molecule is COc1ccc(C(=O)Nc2nc3c(s2)CCCC3C(=O)Nc2ccc(C)cc2OC)cc1. The number of carbonyl (C=O) groups excluding carboxylic acids is 2. The number of fused-ring (bicyclic) bond motifs is 1. The Balaban J connectivity index is 1.50. The van der Waals surface area contributed by atoms with Gasteiger partial charge < -0.3 is 14.8 Å². The van der Waals surface area contributed by atoms with Crippen LogP contribution in [0.4, 0.5) is 10.8 Å². The zero-order chi connectivity index (χ0) is 22.7. The Kier molecular flexibility index (Phi) is 6.41. The van der Waals surface area contributed by atoms with Gasteiger partial charge in [0.15, 0.2) is 5.13 Å². The van der Waals surface area contributed by atoms with Gasteiger partial charge in [0.05, 0.1) is 31.5 Å². The van der Waals surface area contributed by atoms with Crippen LogP contribution < -0.4 is 20.1 Å². The van der Waals surface area contributed by atoms with Crippen LogP contribution in [0.5, 0.6) is 11.5 Å². The van der Waals surface area contributed by atoms with E-state index >= 15 is 0 Å². The highest BCUT2D eigenvalue weighted by molar-refractivity contribution is 7.16. The van der Waals surface area contributed by atoms with Crippen molar-refractivity contribution in [3.05, 3.63) is 64.2 Å². The molecule has 0 fully saturated rings. The van der Waals surface area contributed by atoms with Gasteiger partial charge in [0, 0.05) is 10.4 Å². The van der Waals surface area contributed by atoms with Crippen LogP contribution in [0, 0.1) is 6.92 Å². The fraction of sp³-hybridized carbons (Fsp3) is 0.292. The number of ether oxygens (including phenoxy) is 2. The van der Waals surface area contributed by atoms with Gasteiger partial charge in [-0.15, -0.1) is 11.3 Å². The summed E-state index contributed by atoms with van der Waals surface area (Å²) in [4.78, 5) is 31.4. The molecule has 3 aromatic rings. The van der Waals surface area contributed by atoms with Crippen molar-refractivity contribution < 1.29 is 19.1 Å². The normalized spacial score (nSPS) is 14.9. The fourth-order valence-electron chi connectivity index (χ4n) is 3.76. The van der Waals surface area contributed by atoms with Crippen molar-refractivity contribution in [3.63, 3.8) is 0 Å². The molecule has 7 nitrogen and oxygen atoms in total. The number of aryl methyl sites for hydroxylation is 2. The molecule has 1 aliphatic rings. The van der Waals surface area contributed by atoms with Gasteiger partial charge in [-0.05, 0) is 68.1 Å². The van der Waals surface area contributed by atoms with E-state index in [0.717, 1.165) is 29.0 Å². The van der Waals surface area contributed by atoms with Gasteiger partial charge in [0.25, 0.3) is 5.91 Å². The van der Waals surface area contributed by atoms with E-state index < -0.39 is 0 Å². The maximum Gasteiger partial charge on any atom is 0.257 e. The van der Waals surface area contributed by atoms with E-state index in [1.165, 1.54) is 11.3 Å². The number of hydrogen-bond donors (Lipinski definition) is 2. The summed E-state index contributed by atoms with van der Waals surface area (Å²) in [6, 6.07) is 12.5. The van der Waals surface area contributed by atoms with Gasteiger partial charge in [-0.25, -0.2) is 4.98 Å². The summed E-state index contributed by atoms with van der Waals surface area (Å²) >= 11 is 1.43. The summed E-state index contributed by atoms with van der Waals surface area (Å²) in [5.74, 6) is 0.577. The zero-order valence-corrected chi connectivity index (χ0v) is 19.0. The van der Waals surface area contributed by atoms with Crippen molar-refractivity contribution in [2.24, 2.45) is 0 Å². The first-order valence-electron chi connectivity index (χ1n) is 10.4. The maximum atomic E-state index is 13.1. The third kappa shape index (κ3) is 4.60. The first-order valence-corrected chi connectivity index (χ1v) is 11.2. The Morgan fingerprint density at radius 2 is 1.84 bits per heavy atom. The molecule has 2 amide bonds. The molecule has 2 aromatic carbocycles. The number of methoxy groups -OCH3 is 2. The van der Waals surface area contributed by atoms with Crippen LogP contribution >= 0.6 is 11.3 Å². The lowest BCUT2D eigenvalue weighted by Gasteiger charge is -2.21. The highest BCUT2D eigenvalue weighted by atomic mass is 32.1. The smallest absolute Gasteiger partial charge is 0.257 e. The van der Waals surface area contributed by atoms with E-state index in [2.05, 4.69) is 15.6 Å². The van der Waals surface area contributed by atoms with E-state index in [4.69, 9.17) is 9.47 Å². The number of thiazole rings is 1. The lowest BCUT2D eigenvalue weighted by molar-refractivity contribution is -0.118. The van der Waals surface area contributed by atoms with E-state index in [9.17, 15) is 9.59 Å². The van der Waals surface area contributed by atoms with E-state index in [0.29, 0.717) is 34.3 Å². The van der Waals surface area contributed by atoms with Crippen LogP contribution in [-0.4, -0.2) is 31.0 Å². The number of benzene rings is 2. The van der Waals surface area contributed by atoms with Gasteiger partial charge in [-0.1, -0.05) is 6.07 Å². The lowest BCUT2D eigenvalue weighted by Crippen LogP contribution is -2.25. The molecule has 2 N–H and O–H groups in total. The maximum absolute atomic E-state index is 13.1.